The van der Waals surface area contributed by atoms with Gasteiger partial charge in [0.1, 0.15) is 29.4 Å². The van der Waals surface area contributed by atoms with Gasteiger partial charge in [0.2, 0.25) is 0 Å². The Kier molecular flexibility index (Phi) is 7.74. The second-order valence-corrected chi connectivity index (χ2v) is 12.6. The highest BCUT2D eigenvalue weighted by molar-refractivity contribution is 6.04. The third kappa shape index (κ3) is 5.44. The lowest BCUT2D eigenvalue weighted by Crippen LogP contribution is -2.42. The number of halogens is 5. The summed E-state index contributed by atoms with van der Waals surface area (Å²) in [5.74, 6) is -5.36. The Labute approximate surface area is 261 Å². The summed E-state index contributed by atoms with van der Waals surface area (Å²) >= 11 is 0. The summed E-state index contributed by atoms with van der Waals surface area (Å²) in [4.78, 5) is 11.7. The standard InChI is InChI=1S/C33H31F5N4O4/c1-5-18-7-6-8-19-11-22(43)26(35)25(23(18)19)24-21(34)12-20-28(27(24)36)39-30(46-17-32(15-41(3)4)13-33(32,37)38)40-29(20)42-9-10-45-16-31(2,44)14-42/h1,6-8,11-12,43-44H,9-10,13-17H2,2-4H3. The first-order valence-corrected chi connectivity index (χ1v) is 14.5. The third-order valence-corrected chi connectivity index (χ3v) is 8.39. The molecule has 0 radical (unpaired) electrons. The number of anilines is 1. The highest BCUT2D eigenvalue weighted by atomic mass is 19.3. The average Bonchev–Trinajstić information content (AvgIpc) is 3.58. The molecule has 1 aromatic heterocycles. The van der Waals surface area contributed by atoms with E-state index >= 15 is 13.2 Å². The van der Waals surface area contributed by atoms with Gasteiger partial charge in [-0.15, -0.1) is 6.42 Å². The van der Waals surface area contributed by atoms with Crippen LogP contribution < -0.4 is 9.64 Å². The Morgan fingerprint density at radius 2 is 1.87 bits per heavy atom. The van der Waals surface area contributed by atoms with Crippen molar-refractivity contribution in [2.24, 2.45) is 5.41 Å². The molecule has 1 aliphatic carbocycles. The van der Waals surface area contributed by atoms with Gasteiger partial charge in [-0.25, -0.2) is 22.0 Å². The summed E-state index contributed by atoms with van der Waals surface area (Å²) in [6.07, 6.45) is 5.21. The predicted molar refractivity (Wildman–Crippen MR) is 162 cm³/mol. The molecule has 0 bridgehead atoms. The van der Waals surface area contributed by atoms with Crippen molar-refractivity contribution in [3.8, 4) is 35.2 Å². The smallest absolute Gasteiger partial charge is 0.319 e. The molecule has 242 valence electrons. The molecule has 1 aliphatic heterocycles. The van der Waals surface area contributed by atoms with Gasteiger partial charge in [0, 0.05) is 41.4 Å². The molecular weight excluding hydrogens is 611 g/mol. The second kappa shape index (κ2) is 11.2. The Morgan fingerprint density at radius 3 is 2.54 bits per heavy atom. The maximum atomic E-state index is 16.7. The van der Waals surface area contributed by atoms with E-state index in [1.807, 2.05) is 0 Å². The summed E-state index contributed by atoms with van der Waals surface area (Å²) < 4.78 is 88.8. The van der Waals surface area contributed by atoms with Crippen molar-refractivity contribution in [2.45, 2.75) is 24.9 Å². The number of hydrogen-bond acceptors (Lipinski definition) is 8. The molecule has 46 heavy (non-hydrogen) atoms. The number of phenolic OH excluding ortho intramolecular Hbond substituents is 1. The minimum Gasteiger partial charge on any atom is -0.505 e. The first-order chi connectivity index (χ1) is 21.7. The summed E-state index contributed by atoms with van der Waals surface area (Å²) in [6.45, 7) is 1.20. The normalized spacial score (nSPS) is 22.7. The minimum absolute atomic E-state index is 0.00213. The van der Waals surface area contributed by atoms with Crippen molar-refractivity contribution < 1.29 is 41.6 Å². The van der Waals surface area contributed by atoms with Gasteiger partial charge < -0.3 is 29.5 Å². The van der Waals surface area contributed by atoms with E-state index in [4.69, 9.17) is 15.9 Å². The molecule has 2 N–H and O–H groups in total. The molecule has 2 aliphatic rings. The largest absolute Gasteiger partial charge is 0.505 e. The van der Waals surface area contributed by atoms with Crippen LogP contribution in [0.5, 0.6) is 11.8 Å². The molecule has 1 saturated carbocycles. The van der Waals surface area contributed by atoms with Crippen LogP contribution >= 0.6 is 0 Å². The van der Waals surface area contributed by atoms with Crippen molar-refractivity contribution in [2.75, 3.05) is 58.5 Å². The number of phenols is 1. The number of fused-ring (bicyclic) bond motifs is 2. The van der Waals surface area contributed by atoms with Gasteiger partial charge in [-0.2, -0.15) is 9.97 Å². The van der Waals surface area contributed by atoms with Crippen LogP contribution in [0.1, 0.15) is 18.9 Å². The number of rotatable bonds is 7. The lowest BCUT2D eigenvalue weighted by atomic mass is 9.92. The van der Waals surface area contributed by atoms with E-state index in [-0.39, 0.29) is 60.4 Å². The van der Waals surface area contributed by atoms with Crippen molar-refractivity contribution >= 4 is 27.5 Å². The highest BCUT2D eigenvalue weighted by Gasteiger charge is 2.71. The molecular formula is C33H31F5N4O4. The molecule has 2 unspecified atom stereocenters. The zero-order chi connectivity index (χ0) is 33.2. The molecule has 8 nitrogen and oxygen atoms in total. The van der Waals surface area contributed by atoms with Crippen molar-refractivity contribution in [1.29, 1.82) is 0 Å². The van der Waals surface area contributed by atoms with Crippen molar-refractivity contribution in [3.63, 3.8) is 0 Å². The number of aromatic hydroxyl groups is 1. The van der Waals surface area contributed by atoms with Gasteiger partial charge in [0.25, 0.3) is 5.92 Å². The molecule has 2 heterocycles. The molecule has 13 heteroatoms. The molecule has 6 rings (SSSR count). The number of aromatic nitrogens is 2. The van der Waals surface area contributed by atoms with Gasteiger partial charge in [0.15, 0.2) is 17.4 Å². The Bertz CT molecular complexity index is 1910. The molecule has 1 saturated heterocycles. The van der Waals surface area contributed by atoms with Gasteiger partial charge in [-0.05, 0) is 44.6 Å². The zero-order valence-electron chi connectivity index (χ0n) is 25.3. The molecule has 0 amide bonds. The summed E-state index contributed by atoms with van der Waals surface area (Å²) in [5, 5.41) is 21.3. The first-order valence-electron chi connectivity index (χ1n) is 14.5. The maximum Gasteiger partial charge on any atom is 0.319 e. The molecule has 2 atom stereocenters. The van der Waals surface area contributed by atoms with Crippen LogP contribution in [-0.4, -0.2) is 90.2 Å². The fraction of sp³-hybridized carbons (Fsp3) is 0.394. The van der Waals surface area contributed by atoms with Crippen LogP contribution in [0.3, 0.4) is 0 Å². The number of nitrogens with zero attached hydrogens (tertiary/aromatic N) is 4. The SMILES string of the molecule is C#Cc1cccc2cc(O)c(F)c(-c3c(F)cc4c(N5CCOCC(C)(O)C5)nc(OCC5(CN(C)C)CC5(F)F)nc4c3F)c12. The van der Waals surface area contributed by atoms with Crippen molar-refractivity contribution in [1.82, 2.24) is 14.9 Å². The second-order valence-electron chi connectivity index (χ2n) is 12.6. The molecule has 2 fully saturated rings. The van der Waals surface area contributed by atoms with Gasteiger partial charge >= 0.3 is 6.01 Å². The average molecular weight is 643 g/mol. The van der Waals surface area contributed by atoms with E-state index in [2.05, 4.69) is 15.9 Å². The molecule has 4 aromatic rings. The van der Waals surface area contributed by atoms with E-state index in [1.165, 1.54) is 24.0 Å². The van der Waals surface area contributed by atoms with Crippen LogP contribution in [0.2, 0.25) is 0 Å². The number of hydrogen-bond donors (Lipinski definition) is 2. The van der Waals surface area contributed by atoms with Crippen LogP contribution in [-0.2, 0) is 4.74 Å². The lowest BCUT2D eigenvalue weighted by Gasteiger charge is -2.29. The molecule has 3 aromatic carbocycles. The minimum atomic E-state index is -3.01. The van der Waals surface area contributed by atoms with E-state index in [1.54, 1.807) is 25.1 Å². The summed E-state index contributed by atoms with van der Waals surface area (Å²) in [6, 6.07) is 6.07. The zero-order valence-corrected chi connectivity index (χ0v) is 25.3. The fourth-order valence-corrected chi connectivity index (χ4v) is 6.21. The van der Waals surface area contributed by atoms with Crippen LogP contribution in [0.25, 0.3) is 32.8 Å². The van der Waals surface area contributed by atoms with Crippen LogP contribution in [0, 0.1) is 35.2 Å². The Hall–Kier alpha value is -4.25. The van der Waals surface area contributed by atoms with Gasteiger partial charge in [-0.1, -0.05) is 18.1 Å². The number of alkyl halides is 2. The van der Waals surface area contributed by atoms with Crippen molar-refractivity contribution in [3.05, 3.63) is 53.3 Å². The maximum absolute atomic E-state index is 16.7. The fourth-order valence-electron chi connectivity index (χ4n) is 6.21. The number of aliphatic hydroxyl groups is 1. The Morgan fingerprint density at radius 1 is 1.13 bits per heavy atom. The monoisotopic (exact) mass is 642 g/mol. The van der Waals surface area contributed by atoms with Gasteiger partial charge in [-0.3, -0.25) is 0 Å². The predicted octanol–water partition coefficient (Wildman–Crippen LogP) is 5.11. The van der Waals surface area contributed by atoms with Crippen LogP contribution in [0.15, 0.2) is 30.3 Å². The molecule has 0 spiro atoms. The van der Waals surface area contributed by atoms with E-state index < -0.39 is 75.8 Å². The quantitative estimate of drug-likeness (QED) is 0.213. The summed E-state index contributed by atoms with van der Waals surface area (Å²) in [5.41, 5.74) is -4.76. The van der Waals surface area contributed by atoms with Crippen LogP contribution in [0.4, 0.5) is 27.8 Å². The number of terminal acetylenes is 1. The van der Waals surface area contributed by atoms with E-state index in [0.29, 0.717) is 0 Å². The highest BCUT2D eigenvalue weighted by Crippen LogP contribution is 2.60. The van der Waals surface area contributed by atoms with E-state index in [9.17, 15) is 19.0 Å². The Balaban J connectivity index is 1.58. The van der Waals surface area contributed by atoms with E-state index in [0.717, 1.165) is 12.1 Å². The number of ether oxygens (including phenoxy) is 2. The topological polar surface area (TPSA) is 91.2 Å². The first kappa shape index (κ1) is 31.7. The summed E-state index contributed by atoms with van der Waals surface area (Å²) in [7, 11) is 3.30. The van der Waals surface area contributed by atoms with Gasteiger partial charge in [0.05, 0.1) is 30.7 Å². The number of β-amino-alcohol motifs (C(OH)–C–C–N with tert-alkyl or cyclic N) is 1. The number of benzene rings is 3. The lowest BCUT2D eigenvalue weighted by molar-refractivity contribution is -0.0123. The third-order valence-electron chi connectivity index (χ3n) is 8.39.